The second-order valence-corrected chi connectivity index (χ2v) is 5.81. The lowest BCUT2D eigenvalue weighted by Gasteiger charge is -2.45. The molecule has 2 fully saturated rings. The first-order valence-corrected chi connectivity index (χ1v) is 7.18. The zero-order valence-corrected chi connectivity index (χ0v) is 11.5. The Balaban J connectivity index is 1.85. The monoisotopic (exact) mass is 262 g/mol. The van der Waals surface area contributed by atoms with Gasteiger partial charge in [-0.15, -0.1) is 0 Å². The maximum Gasteiger partial charge on any atom is 0.168 e. The molecule has 0 aromatic heterocycles. The van der Waals surface area contributed by atoms with Crippen LogP contribution >= 0.6 is 0 Å². The van der Waals surface area contributed by atoms with E-state index in [1.807, 2.05) is 25.1 Å². The summed E-state index contributed by atoms with van der Waals surface area (Å²) in [6, 6.07) is 10.4. The highest BCUT2D eigenvalue weighted by molar-refractivity contribution is 5.28. The Morgan fingerprint density at radius 3 is 2.11 bits per heavy atom. The zero-order chi connectivity index (χ0) is 13.3. The van der Waals surface area contributed by atoms with Gasteiger partial charge in [0.05, 0.1) is 19.3 Å². The summed E-state index contributed by atoms with van der Waals surface area (Å²) >= 11 is 0. The third-order valence-electron chi connectivity index (χ3n) is 4.87. The van der Waals surface area contributed by atoms with Crippen LogP contribution in [0.4, 0.5) is 0 Å². The van der Waals surface area contributed by atoms with Crippen molar-refractivity contribution in [1.82, 2.24) is 0 Å². The third-order valence-corrected chi connectivity index (χ3v) is 4.87. The van der Waals surface area contributed by atoms with E-state index in [0.29, 0.717) is 13.2 Å². The standard InChI is InChI=1S/C16H22O3/c1-13(17)15(14-5-3-2-4-6-14)7-9-16(10-8-15)18-11-12-19-16/h2-6,13,17H,7-12H2,1H3. The van der Waals surface area contributed by atoms with Gasteiger partial charge in [0.25, 0.3) is 0 Å². The fourth-order valence-electron chi connectivity index (χ4n) is 3.58. The number of ether oxygens (including phenoxy) is 2. The van der Waals surface area contributed by atoms with E-state index in [2.05, 4.69) is 12.1 Å². The first kappa shape index (κ1) is 13.1. The average molecular weight is 262 g/mol. The van der Waals surface area contributed by atoms with E-state index in [4.69, 9.17) is 9.47 Å². The highest BCUT2D eigenvalue weighted by Crippen LogP contribution is 2.48. The van der Waals surface area contributed by atoms with Crippen molar-refractivity contribution in [3.05, 3.63) is 35.9 Å². The maximum absolute atomic E-state index is 10.3. The molecule has 19 heavy (non-hydrogen) atoms. The summed E-state index contributed by atoms with van der Waals surface area (Å²) < 4.78 is 11.6. The van der Waals surface area contributed by atoms with Gasteiger partial charge in [0.1, 0.15) is 0 Å². The molecule has 1 aromatic rings. The second-order valence-electron chi connectivity index (χ2n) is 5.81. The summed E-state index contributed by atoms with van der Waals surface area (Å²) in [5.74, 6) is -0.368. The first-order chi connectivity index (χ1) is 9.17. The lowest BCUT2D eigenvalue weighted by molar-refractivity contribution is -0.190. The summed E-state index contributed by atoms with van der Waals surface area (Å²) in [5, 5.41) is 10.3. The Labute approximate surface area is 114 Å². The zero-order valence-electron chi connectivity index (χ0n) is 11.5. The molecule has 3 rings (SSSR count). The molecule has 0 radical (unpaired) electrons. The predicted octanol–water partition coefficient (Wildman–Crippen LogP) is 2.62. The molecule has 2 aliphatic rings. The quantitative estimate of drug-likeness (QED) is 0.890. The van der Waals surface area contributed by atoms with Crippen LogP contribution in [0.3, 0.4) is 0 Å². The average Bonchev–Trinajstić information content (AvgIpc) is 2.89. The van der Waals surface area contributed by atoms with Crippen LogP contribution in [-0.2, 0) is 14.9 Å². The van der Waals surface area contributed by atoms with E-state index in [1.54, 1.807) is 0 Å². The van der Waals surface area contributed by atoms with Crippen molar-refractivity contribution in [3.63, 3.8) is 0 Å². The minimum Gasteiger partial charge on any atom is -0.392 e. The van der Waals surface area contributed by atoms with Crippen molar-refractivity contribution in [1.29, 1.82) is 0 Å². The molecule has 0 amide bonds. The van der Waals surface area contributed by atoms with Crippen LogP contribution in [0.2, 0.25) is 0 Å². The maximum atomic E-state index is 10.3. The van der Waals surface area contributed by atoms with Crippen LogP contribution in [0.5, 0.6) is 0 Å². The van der Waals surface area contributed by atoms with E-state index in [9.17, 15) is 5.11 Å². The Kier molecular flexibility index (Phi) is 3.37. The van der Waals surface area contributed by atoms with Gasteiger partial charge in [0.15, 0.2) is 5.79 Å². The van der Waals surface area contributed by atoms with Gasteiger partial charge in [0.2, 0.25) is 0 Å². The molecule has 1 aromatic carbocycles. The molecule has 1 heterocycles. The second kappa shape index (κ2) is 4.89. The lowest BCUT2D eigenvalue weighted by atomic mass is 9.65. The van der Waals surface area contributed by atoms with Gasteiger partial charge in [-0.1, -0.05) is 30.3 Å². The molecule has 1 saturated carbocycles. The van der Waals surface area contributed by atoms with Crippen molar-refractivity contribution in [2.75, 3.05) is 13.2 Å². The van der Waals surface area contributed by atoms with Crippen molar-refractivity contribution in [2.24, 2.45) is 0 Å². The topological polar surface area (TPSA) is 38.7 Å². The molecule has 1 spiro atoms. The largest absolute Gasteiger partial charge is 0.392 e. The van der Waals surface area contributed by atoms with E-state index >= 15 is 0 Å². The van der Waals surface area contributed by atoms with Crippen LogP contribution in [0.15, 0.2) is 30.3 Å². The van der Waals surface area contributed by atoms with Gasteiger partial charge in [0, 0.05) is 18.3 Å². The molecule has 1 atom stereocenters. The van der Waals surface area contributed by atoms with Gasteiger partial charge >= 0.3 is 0 Å². The van der Waals surface area contributed by atoms with E-state index in [-0.39, 0.29) is 17.3 Å². The van der Waals surface area contributed by atoms with Crippen molar-refractivity contribution in [3.8, 4) is 0 Å². The molecule has 1 unspecified atom stereocenters. The normalized spacial score (nSPS) is 26.4. The summed E-state index contributed by atoms with van der Waals surface area (Å²) in [4.78, 5) is 0. The van der Waals surface area contributed by atoms with Crippen molar-refractivity contribution >= 4 is 0 Å². The van der Waals surface area contributed by atoms with Crippen LogP contribution in [0.25, 0.3) is 0 Å². The molecule has 3 nitrogen and oxygen atoms in total. The highest BCUT2D eigenvalue weighted by Gasteiger charge is 2.48. The molecule has 1 aliphatic carbocycles. The Morgan fingerprint density at radius 2 is 1.58 bits per heavy atom. The molecule has 3 heteroatoms. The summed E-state index contributed by atoms with van der Waals surface area (Å²) in [7, 11) is 0. The van der Waals surface area contributed by atoms with Gasteiger partial charge in [-0.2, -0.15) is 0 Å². The lowest BCUT2D eigenvalue weighted by Crippen LogP contribution is -2.47. The molecular formula is C16H22O3. The van der Waals surface area contributed by atoms with Crippen molar-refractivity contribution in [2.45, 2.75) is 49.9 Å². The number of rotatable bonds is 2. The third kappa shape index (κ3) is 2.20. The molecule has 0 bridgehead atoms. The molecule has 104 valence electrons. The molecule has 1 aliphatic heterocycles. The highest BCUT2D eigenvalue weighted by atomic mass is 16.7. The first-order valence-electron chi connectivity index (χ1n) is 7.18. The van der Waals surface area contributed by atoms with E-state index in [1.165, 1.54) is 5.56 Å². The van der Waals surface area contributed by atoms with Crippen LogP contribution < -0.4 is 0 Å². The molecular weight excluding hydrogens is 240 g/mol. The van der Waals surface area contributed by atoms with E-state index in [0.717, 1.165) is 25.7 Å². The van der Waals surface area contributed by atoms with Crippen LogP contribution in [-0.4, -0.2) is 30.2 Å². The molecule has 1 N–H and O–H groups in total. The summed E-state index contributed by atoms with van der Waals surface area (Å²) in [6.07, 6.45) is 3.21. The number of aliphatic hydroxyl groups is 1. The fourth-order valence-corrected chi connectivity index (χ4v) is 3.58. The smallest absolute Gasteiger partial charge is 0.168 e. The minimum absolute atomic E-state index is 0.151. The SMILES string of the molecule is CC(O)C1(c2ccccc2)CCC2(CC1)OCCO2. The Morgan fingerprint density at radius 1 is 1.00 bits per heavy atom. The van der Waals surface area contributed by atoms with Crippen LogP contribution in [0.1, 0.15) is 38.2 Å². The predicted molar refractivity (Wildman–Crippen MR) is 72.9 cm³/mol. The Bertz CT molecular complexity index is 411. The Hall–Kier alpha value is -0.900. The summed E-state index contributed by atoms with van der Waals surface area (Å²) in [5.41, 5.74) is 1.08. The summed E-state index contributed by atoms with van der Waals surface area (Å²) in [6.45, 7) is 3.31. The van der Waals surface area contributed by atoms with Gasteiger partial charge in [-0.25, -0.2) is 0 Å². The van der Waals surface area contributed by atoms with Crippen molar-refractivity contribution < 1.29 is 14.6 Å². The number of hydrogen-bond donors (Lipinski definition) is 1. The molecule has 1 saturated heterocycles. The minimum atomic E-state index is -0.368. The number of benzene rings is 1. The number of aliphatic hydroxyl groups excluding tert-OH is 1. The van der Waals surface area contributed by atoms with E-state index < -0.39 is 0 Å². The number of hydrogen-bond acceptors (Lipinski definition) is 3. The fraction of sp³-hybridized carbons (Fsp3) is 0.625. The van der Waals surface area contributed by atoms with Crippen LogP contribution in [0, 0.1) is 0 Å². The van der Waals surface area contributed by atoms with Gasteiger partial charge in [-0.3, -0.25) is 0 Å². The van der Waals surface area contributed by atoms with Gasteiger partial charge < -0.3 is 14.6 Å². The van der Waals surface area contributed by atoms with Gasteiger partial charge in [-0.05, 0) is 25.3 Å².